The van der Waals surface area contributed by atoms with Crippen molar-refractivity contribution in [3.63, 3.8) is 0 Å². The van der Waals surface area contributed by atoms with Crippen LogP contribution in [0.4, 0.5) is 4.79 Å². The lowest BCUT2D eigenvalue weighted by atomic mass is 9.82. The fourth-order valence-electron chi connectivity index (χ4n) is 3.14. The molecule has 1 spiro atoms. The summed E-state index contributed by atoms with van der Waals surface area (Å²) < 4.78 is 0. The van der Waals surface area contributed by atoms with Crippen LogP contribution in [0.3, 0.4) is 0 Å². The van der Waals surface area contributed by atoms with E-state index in [1.54, 1.807) is 0 Å². The van der Waals surface area contributed by atoms with Crippen molar-refractivity contribution in [1.29, 1.82) is 0 Å². The topological polar surface area (TPSA) is 73.5 Å². The van der Waals surface area contributed by atoms with E-state index in [-0.39, 0.29) is 11.0 Å². The molecule has 1 heterocycles. The lowest BCUT2D eigenvalue weighted by Crippen LogP contribution is -2.52. The summed E-state index contributed by atoms with van der Waals surface area (Å²) in [5, 5.41) is 7.10. The molecule has 1 saturated heterocycles. The number of hydrazine groups is 1. The predicted octanol–water partition coefficient (Wildman–Crippen LogP) is 1.82. The molecule has 1 aromatic carbocycles. The summed E-state index contributed by atoms with van der Waals surface area (Å²) in [5.41, 5.74) is 3.04. The molecule has 3 amide bonds. The smallest absolute Gasteiger partial charge is 0.344 e. The van der Waals surface area contributed by atoms with Crippen molar-refractivity contribution in [2.24, 2.45) is 0 Å². The van der Waals surface area contributed by atoms with Gasteiger partial charge in [-0.05, 0) is 30.6 Å². The van der Waals surface area contributed by atoms with E-state index in [1.807, 2.05) is 30.3 Å². The van der Waals surface area contributed by atoms with Crippen LogP contribution in [0.5, 0.6) is 0 Å². The number of carbonyl (C=O) groups is 2. The fourth-order valence-corrected chi connectivity index (χ4v) is 3.30. The van der Waals surface area contributed by atoms with Crippen molar-refractivity contribution in [3.05, 3.63) is 35.9 Å². The number of rotatable bonds is 3. The zero-order valence-corrected chi connectivity index (χ0v) is 13.6. The highest BCUT2D eigenvalue weighted by Crippen LogP contribution is 2.32. The molecule has 2 fully saturated rings. The molecule has 6 nitrogen and oxygen atoms in total. The highest BCUT2D eigenvalue weighted by Gasteiger charge is 2.51. The molecule has 1 saturated carbocycles. The van der Waals surface area contributed by atoms with Gasteiger partial charge in [-0.15, -0.1) is 0 Å². The monoisotopic (exact) mass is 332 g/mol. The highest BCUT2D eigenvalue weighted by molar-refractivity contribution is 7.80. The van der Waals surface area contributed by atoms with Crippen molar-refractivity contribution >= 4 is 29.3 Å². The zero-order chi connectivity index (χ0) is 16.3. The van der Waals surface area contributed by atoms with Crippen LogP contribution in [0.25, 0.3) is 0 Å². The molecular weight excluding hydrogens is 312 g/mol. The Labute approximate surface area is 140 Å². The van der Waals surface area contributed by atoms with E-state index in [2.05, 4.69) is 16.1 Å². The van der Waals surface area contributed by atoms with Gasteiger partial charge in [-0.25, -0.2) is 4.79 Å². The van der Waals surface area contributed by atoms with Crippen LogP contribution in [0, 0.1) is 0 Å². The lowest BCUT2D eigenvalue weighted by molar-refractivity contribution is -0.133. The van der Waals surface area contributed by atoms with Gasteiger partial charge in [0.1, 0.15) is 5.54 Å². The van der Waals surface area contributed by atoms with E-state index < -0.39 is 11.6 Å². The van der Waals surface area contributed by atoms with Crippen molar-refractivity contribution in [2.75, 3.05) is 0 Å². The first kappa shape index (κ1) is 15.7. The third kappa shape index (κ3) is 3.29. The highest BCUT2D eigenvalue weighted by atomic mass is 32.1. The van der Waals surface area contributed by atoms with Crippen LogP contribution in [0.15, 0.2) is 30.3 Å². The average Bonchev–Trinajstić information content (AvgIpc) is 2.79. The quantitative estimate of drug-likeness (QED) is 0.582. The SMILES string of the molecule is O=C1NC2(CCCCC2)C(=O)N1NC(=S)NCc1ccccc1. The van der Waals surface area contributed by atoms with Gasteiger partial charge >= 0.3 is 6.03 Å². The van der Waals surface area contributed by atoms with Gasteiger partial charge in [0.25, 0.3) is 5.91 Å². The van der Waals surface area contributed by atoms with Gasteiger partial charge in [-0.3, -0.25) is 10.2 Å². The Hall–Kier alpha value is -2.15. The van der Waals surface area contributed by atoms with Crippen LogP contribution in [0.2, 0.25) is 0 Å². The lowest BCUT2D eigenvalue weighted by Gasteiger charge is -2.30. The van der Waals surface area contributed by atoms with E-state index >= 15 is 0 Å². The zero-order valence-electron chi connectivity index (χ0n) is 12.8. The van der Waals surface area contributed by atoms with Gasteiger partial charge in [-0.1, -0.05) is 49.6 Å². The van der Waals surface area contributed by atoms with Gasteiger partial charge in [0.05, 0.1) is 0 Å². The number of thiocarbonyl (C=S) groups is 1. The van der Waals surface area contributed by atoms with Crippen LogP contribution < -0.4 is 16.1 Å². The van der Waals surface area contributed by atoms with Gasteiger partial charge in [0.15, 0.2) is 5.11 Å². The maximum atomic E-state index is 12.6. The molecule has 0 unspecified atom stereocenters. The third-order valence-corrected chi connectivity index (χ3v) is 4.61. The van der Waals surface area contributed by atoms with Gasteiger partial charge in [-0.2, -0.15) is 5.01 Å². The summed E-state index contributed by atoms with van der Waals surface area (Å²) in [6.07, 6.45) is 4.41. The number of benzene rings is 1. The number of nitrogens with one attached hydrogen (secondary N) is 3. The molecule has 7 heteroatoms. The average molecular weight is 332 g/mol. The molecule has 122 valence electrons. The molecule has 2 aliphatic rings. The maximum Gasteiger partial charge on any atom is 0.344 e. The van der Waals surface area contributed by atoms with Gasteiger partial charge in [0.2, 0.25) is 0 Å². The van der Waals surface area contributed by atoms with Crippen molar-refractivity contribution in [2.45, 2.75) is 44.2 Å². The summed E-state index contributed by atoms with van der Waals surface area (Å²) in [5.74, 6) is -0.230. The molecule has 3 rings (SSSR count). The minimum Gasteiger partial charge on any atom is -0.357 e. The Morgan fingerprint density at radius 3 is 2.57 bits per heavy atom. The molecule has 0 atom stereocenters. The number of amides is 3. The predicted molar refractivity (Wildman–Crippen MR) is 90.2 cm³/mol. The number of hydrogen-bond acceptors (Lipinski definition) is 3. The summed E-state index contributed by atoms with van der Waals surface area (Å²) in [4.78, 5) is 24.7. The Balaban J connectivity index is 1.58. The number of hydrogen-bond donors (Lipinski definition) is 3. The van der Waals surface area contributed by atoms with Gasteiger partial charge in [0, 0.05) is 6.54 Å². The van der Waals surface area contributed by atoms with Crippen LogP contribution in [0.1, 0.15) is 37.7 Å². The second-order valence-electron chi connectivity index (χ2n) is 5.99. The molecule has 23 heavy (non-hydrogen) atoms. The van der Waals surface area contributed by atoms with E-state index in [9.17, 15) is 9.59 Å². The van der Waals surface area contributed by atoms with E-state index in [4.69, 9.17) is 12.2 Å². The molecule has 0 radical (unpaired) electrons. The van der Waals surface area contributed by atoms with Gasteiger partial charge < -0.3 is 10.6 Å². The molecule has 1 aromatic rings. The van der Waals surface area contributed by atoms with E-state index in [0.717, 1.165) is 29.8 Å². The number of imide groups is 1. The minimum absolute atomic E-state index is 0.230. The summed E-state index contributed by atoms with van der Waals surface area (Å²) in [6.45, 7) is 0.529. The number of nitrogens with zero attached hydrogens (tertiary/aromatic N) is 1. The second-order valence-corrected chi connectivity index (χ2v) is 6.40. The Bertz CT molecular complexity index is 614. The number of carbonyl (C=O) groups excluding carboxylic acids is 2. The molecule has 1 aliphatic heterocycles. The van der Waals surface area contributed by atoms with E-state index in [0.29, 0.717) is 19.4 Å². The van der Waals surface area contributed by atoms with E-state index in [1.165, 1.54) is 0 Å². The fraction of sp³-hybridized carbons (Fsp3) is 0.438. The van der Waals surface area contributed by atoms with Crippen LogP contribution in [-0.2, 0) is 11.3 Å². The normalized spacial score (nSPS) is 19.6. The largest absolute Gasteiger partial charge is 0.357 e. The summed E-state index contributed by atoms with van der Waals surface area (Å²) in [6, 6.07) is 9.34. The Morgan fingerprint density at radius 1 is 1.17 bits per heavy atom. The van der Waals surface area contributed by atoms with Crippen molar-refractivity contribution < 1.29 is 9.59 Å². The molecule has 0 bridgehead atoms. The van der Waals surface area contributed by atoms with Crippen LogP contribution >= 0.6 is 12.2 Å². The van der Waals surface area contributed by atoms with Crippen LogP contribution in [-0.4, -0.2) is 27.6 Å². The standard InChI is InChI=1S/C16H20N4O2S/c21-13-16(9-5-2-6-10-16)18-15(22)20(13)19-14(23)17-11-12-7-3-1-4-8-12/h1,3-4,7-8H,2,5-6,9-11H2,(H,18,22)(H2,17,19,23). The first-order chi connectivity index (χ1) is 11.1. The summed E-state index contributed by atoms with van der Waals surface area (Å²) >= 11 is 5.19. The molecule has 3 N–H and O–H groups in total. The van der Waals surface area contributed by atoms with Crippen molar-refractivity contribution in [1.82, 2.24) is 21.1 Å². The first-order valence-electron chi connectivity index (χ1n) is 7.86. The second kappa shape index (κ2) is 6.54. The van der Waals surface area contributed by atoms with Crippen molar-refractivity contribution in [3.8, 4) is 0 Å². The molecule has 1 aliphatic carbocycles. The number of urea groups is 1. The molecule has 0 aromatic heterocycles. The maximum absolute atomic E-state index is 12.6. The first-order valence-corrected chi connectivity index (χ1v) is 8.27. The Morgan fingerprint density at radius 2 is 1.87 bits per heavy atom. The third-order valence-electron chi connectivity index (χ3n) is 4.38. The minimum atomic E-state index is -0.739. The molecular formula is C16H20N4O2S. The Kier molecular flexibility index (Phi) is 4.47. The summed E-state index contributed by atoms with van der Waals surface area (Å²) in [7, 11) is 0.